The van der Waals surface area contributed by atoms with Gasteiger partial charge in [0, 0.05) is 19.3 Å². The molecular weight excluding hydrogens is 410 g/mol. The Morgan fingerprint density at radius 3 is 2.25 bits per heavy atom. The van der Waals surface area contributed by atoms with E-state index in [1.807, 2.05) is 54.6 Å². The van der Waals surface area contributed by atoms with Crippen molar-refractivity contribution in [1.82, 2.24) is 5.32 Å². The molecule has 2 aromatic rings. The Labute approximate surface area is 188 Å². The highest BCUT2D eigenvalue weighted by Gasteiger charge is 2.31. The molecule has 1 saturated carbocycles. The number of alkyl carbamates (subject to hydrolysis) is 1. The topological polar surface area (TPSA) is 94.1 Å². The maximum absolute atomic E-state index is 11.9. The third-order valence-corrected chi connectivity index (χ3v) is 5.04. The van der Waals surface area contributed by atoms with Crippen molar-refractivity contribution in [2.75, 3.05) is 0 Å². The van der Waals surface area contributed by atoms with Crippen molar-refractivity contribution < 1.29 is 28.9 Å². The quantitative estimate of drug-likeness (QED) is 0.601. The predicted octanol–water partition coefficient (Wildman–Crippen LogP) is 4.33. The first-order valence-electron chi connectivity index (χ1n) is 10.8. The van der Waals surface area contributed by atoms with Crippen molar-refractivity contribution in [3.05, 3.63) is 65.7 Å². The molecule has 0 aromatic heterocycles. The van der Waals surface area contributed by atoms with Gasteiger partial charge < -0.3 is 24.6 Å². The van der Waals surface area contributed by atoms with Crippen molar-refractivity contribution >= 4 is 12.1 Å². The van der Waals surface area contributed by atoms with Crippen LogP contribution in [0.3, 0.4) is 0 Å². The summed E-state index contributed by atoms with van der Waals surface area (Å²) in [7, 11) is 0. The van der Waals surface area contributed by atoms with E-state index in [-0.39, 0.29) is 18.6 Å². The van der Waals surface area contributed by atoms with E-state index in [0.717, 1.165) is 29.7 Å². The van der Waals surface area contributed by atoms with Gasteiger partial charge in [-0.3, -0.25) is 0 Å². The van der Waals surface area contributed by atoms with Gasteiger partial charge in [0.05, 0.1) is 12.7 Å². The van der Waals surface area contributed by atoms with Gasteiger partial charge in [0.2, 0.25) is 0 Å². The first-order chi connectivity index (χ1) is 15.2. The van der Waals surface area contributed by atoms with Crippen LogP contribution in [-0.2, 0) is 27.3 Å². The zero-order valence-corrected chi connectivity index (χ0v) is 18.7. The molecule has 0 spiro atoms. The highest BCUT2D eigenvalue weighted by atomic mass is 16.6. The molecule has 1 amide bonds. The number of amides is 1. The molecule has 0 radical (unpaired) electrons. The monoisotopic (exact) mass is 441 g/mol. The largest absolute Gasteiger partial charge is 0.490 e. The van der Waals surface area contributed by atoms with E-state index in [9.17, 15) is 14.7 Å². The summed E-state index contributed by atoms with van der Waals surface area (Å²) < 4.78 is 17.0. The third kappa shape index (κ3) is 7.57. The molecule has 1 aliphatic rings. The van der Waals surface area contributed by atoms with E-state index >= 15 is 0 Å². The normalized spacial score (nSPS) is 18.8. The van der Waals surface area contributed by atoms with Crippen LogP contribution in [-0.4, -0.2) is 41.0 Å². The number of ether oxygens (including phenoxy) is 3. The fourth-order valence-electron chi connectivity index (χ4n) is 3.32. The Kier molecular flexibility index (Phi) is 7.75. The first kappa shape index (κ1) is 23.6. The van der Waals surface area contributed by atoms with Crippen molar-refractivity contribution in [2.45, 2.75) is 70.5 Å². The maximum atomic E-state index is 11.9. The van der Waals surface area contributed by atoms with Crippen LogP contribution in [0, 0.1) is 0 Å². The summed E-state index contributed by atoms with van der Waals surface area (Å²) in [4.78, 5) is 23.4. The summed E-state index contributed by atoms with van der Waals surface area (Å²) in [5.41, 5.74) is 1.24. The lowest BCUT2D eigenvalue weighted by atomic mass is 9.92. The molecule has 0 bridgehead atoms. The van der Waals surface area contributed by atoms with Crippen LogP contribution in [0.15, 0.2) is 54.6 Å². The first-order valence-corrected chi connectivity index (χ1v) is 10.8. The van der Waals surface area contributed by atoms with Crippen LogP contribution < -0.4 is 10.1 Å². The molecule has 3 rings (SSSR count). The maximum Gasteiger partial charge on any atom is 0.408 e. The van der Waals surface area contributed by atoms with Gasteiger partial charge in [-0.25, -0.2) is 9.59 Å². The number of hydrogen-bond donors (Lipinski definition) is 2. The predicted molar refractivity (Wildman–Crippen MR) is 120 cm³/mol. The standard InChI is InChI=1S/C25H31NO6/c1-25(2,3)32-24(29)26-22(23(27)28)13-17-9-11-19(12-10-17)31-21-14-20(15-21)30-16-18-7-5-4-6-8-18/h4-12,20-22H,13-16H2,1-3H3,(H,26,29)(H,27,28)/t20?,21?,22-/m0/s1. The zero-order valence-electron chi connectivity index (χ0n) is 18.7. The highest BCUT2D eigenvalue weighted by Crippen LogP contribution is 2.29. The van der Waals surface area contributed by atoms with Crippen LogP contribution in [0.1, 0.15) is 44.7 Å². The van der Waals surface area contributed by atoms with Gasteiger partial charge in [-0.1, -0.05) is 42.5 Å². The molecule has 0 heterocycles. The molecule has 7 heteroatoms. The number of carbonyl (C=O) groups is 2. The number of carbonyl (C=O) groups excluding carboxylic acids is 1. The molecule has 32 heavy (non-hydrogen) atoms. The minimum Gasteiger partial charge on any atom is -0.490 e. The van der Waals surface area contributed by atoms with Gasteiger partial charge in [-0.15, -0.1) is 0 Å². The number of nitrogens with one attached hydrogen (secondary N) is 1. The van der Waals surface area contributed by atoms with E-state index < -0.39 is 23.7 Å². The number of rotatable bonds is 9. The van der Waals surface area contributed by atoms with Crippen LogP contribution in [0.5, 0.6) is 5.75 Å². The number of carboxylic acid groups (broad SMARTS) is 1. The third-order valence-electron chi connectivity index (χ3n) is 5.04. The number of carboxylic acids is 1. The average molecular weight is 442 g/mol. The highest BCUT2D eigenvalue weighted by molar-refractivity contribution is 5.80. The van der Waals surface area contributed by atoms with Gasteiger partial charge in [0.25, 0.3) is 0 Å². The minimum absolute atomic E-state index is 0.113. The van der Waals surface area contributed by atoms with Gasteiger partial charge in [0.1, 0.15) is 23.5 Å². The lowest BCUT2D eigenvalue weighted by Gasteiger charge is -2.35. The lowest BCUT2D eigenvalue weighted by molar-refractivity contribution is -0.139. The molecule has 0 aliphatic heterocycles. The summed E-state index contributed by atoms with van der Waals surface area (Å²) in [6.07, 6.45) is 1.40. The van der Waals surface area contributed by atoms with Crippen molar-refractivity contribution in [3.8, 4) is 5.75 Å². The lowest BCUT2D eigenvalue weighted by Crippen LogP contribution is -2.44. The minimum atomic E-state index is -1.12. The number of hydrogen-bond acceptors (Lipinski definition) is 5. The van der Waals surface area contributed by atoms with Crippen LogP contribution >= 0.6 is 0 Å². The van der Waals surface area contributed by atoms with Gasteiger partial charge >= 0.3 is 12.1 Å². The van der Waals surface area contributed by atoms with E-state index in [0.29, 0.717) is 6.61 Å². The summed E-state index contributed by atoms with van der Waals surface area (Å²) in [6.45, 7) is 5.78. The van der Waals surface area contributed by atoms with Crippen molar-refractivity contribution in [3.63, 3.8) is 0 Å². The molecular formula is C25H31NO6. The van der Waals surface area contributed by atoms with Crippen LogP contribution in [0.2, 0.25) is 0 Å². The Morgan fingerprint density at radius 1 is 1.00 bits per heavy atom. The second kappa shape index (κ2) is 10.5. The van der Waals surface area contributed by atoms with E-state index in [1.54, 1.807) is 20.8 Å². The molecule has 1 aliphatic carbocycles. The Hall–Kier alpha value is -3.06. The van der Waals surface area contributed by atoms with Crippen LogP contribution in [0.4, 0.5) is 4.79 Å². The number of benzene rings is 2. The Bertz CT molecular complexity index is 885. The summed E-state index contributed by atoms with van der Waals surface area (Å²) in [6, 6.07) is 16.3. The number of aliphatic carboxylic acids is 1. The molecule has 0 saturated heterocycles. The molecule has 7 nitrogen and oxygen atoms in total. The zero-order chi connectivity index (χ0) is 23.1. The summed E-state index contributed by atoms with van der Waals surface area (Å²) in [5.74, 6) is -0.389. The van der Waals surface area contributed by atoms with Gasteiger partial charge in [-0.2, -0.15) is 0 Å². The second-order valence-electron chi connectivity index (χ2n) is 9.02. The van der Waals surface area contributed by atoms with E-state index in [4.69, 9.17) is 14.2 Å². The molecule has 1 atom stereocenters. The molecule has 1 fully saturated rings. The molecule has 0 unspecified atom stereocenters. The SMILES string of the molecule is CC(C)(C)OC(=O)N[C@@H](Cc1ccc(OC2CC(OCc3ccccc3)C2)cc1)C(=O)O. The van der Waals surface area contributed by atoms with Crippen molar-refractivity contribution in [2.24, 2.45) is 0 Å². The molecule has 2 N–H and O–H groups in total. The van der Waals surface area contributed by atoms with E-state index in [2.05, 4.69) is 5.32 Å². The molecule has 2 aromatic carbocycles. The second-order valence-corrected chi connectivity index (χ2v) is 9.02. The Morgan fingerprint density at radius 2 is 1.66 bits per heavy atom. The fourth-order valence-corrected chi connectivity index (χ4v) is 3.32. The van der Waals surface area contributed by atoms with Gasteiger partial charge in [0.15, 0.2) is 0 Å². The van der Waals surface area contributed by atoms with Gasteiger partial charge in [-0.05, 0) is 44.0 Å². The van der Waals surface area contributed by atoms with Crippen molar-refractivity contribution in [1.29, 1.82) is 0 Å². The van der Waals surface area contributed by atoms with Crippen LogP contribution in [0.25, 0.3) is 0 Å². The summed E-state index contributed by atoms with van der Waals surface area (Å²) >= 11 is 0. The summed E-state index contributed by atoms with van der Waals surface area (Å²) in [5, 5.41) is 11.8. The van der Waals surface area contributed by atoms with E-state index in [1.165, 1.54) is 0 Å². The molecule has 172 valence electrons. The average Bonchev–Trinajstić information content (AvgIpc) is 2.69. The fraction of sp³-hybridized carbons (Fsp3) is 0.440. The smallest absolute Gasteiger partial charge is 0.408 e. The Balaban J connectivity index is 1.42.